The van der Waals surface area contributed by atoms with Crippen LogP contribution in [0, 0.1) is 0 Å². The van der Waals surface area contributed by atoms with Crippen LogP contribution in [0.1, 0.15) is 44.4 Å². The van der Waals surface area contributed by atoms with Gasteiger partial charge in [-0.15, -0.1) is 11.3 Å². The second-order valence-electron chi connectivity index (χ2n) is 9.43. The van der Waals surface area contributed by atoms with E-state index in [1.54, 1.807) is 24.7 Å². The highest BCUT2D eigenvalue weighted by Gasteiger charge is 2.28. The van der Waals surface area contributed by atoms with E-state index < -0.39 is 0 Å². The number of fused-ring (bicyclic) bond motifs is 1. The fourth-order valence-electron chi connectivity index (χ4n) is 4.68. The van der Waals surface area contributed by atoms with Gasteiger partial charge in [-0.1, -0.05) is 54.1 Å². The van der Waals surface area contributed by atoms with E-state index in [0.29, 0.717) is 40.3 Å². The highest BCUT2D eigenvalue weighted by atomic mass is 35.5. The molecule has 0 fully saturated rings. The number of halogens is 1. The Kier molecular flexibility index (Phi) is 9.16. The molecule has 0 saturated heterocycles. The second-order valence-corrected chi connectivity index (χ2v) is 11.0. The number of methoxy groups -OCH3 is 1. The van der Waals surface area contributed by atoms with Crippen molar-refractivity contribution in [3.63, 3.8) is 0 Å². The maximum Gasteiger partial charge on any atom is 0.341 e. The molecule has 0 aliphatic carbocycles. The Balaban J connectivity index is 1.35. The largest absolute Gasteiger partial charge is 0.493 e. The summed E-state index contributed by atoms with van der Waals surface area (Å²) in [5, 5.41) is 1.36. The first kappa shape index (κ1) is 27.9. The van der Waals surface area contributed by atoms with Gasteiger partial charge in [-0.05, 0) is 65.9 Å². The van der Waals surface area contributed by atoms with Crippen LogP contribution in [-0.4, -0.2) is 37.3 Å². The summed E-state index contributed by atoms with van der Waals surface area (Å²) in [7, 11) is 1.61. The Morgan fingerprint density at radius 1 is 1.05 bits per heavy atom. The Hall–Kier alpha value is -3.65. The summed E-state index contributed by atoms with van der Waals surface area (Å²) < 4.78 is 17.0. The smallest absolute Gasteiger partial charge is 0.341 e. The van der Waals surface area contributed by atoms with Crippen LogP contribution in [0.2, 0.25) is 5.02 Å². The van der Waals surface area contributed by atoms with Crippen molar-refractivity contribution in [2.24, 2.45) is 4.99 Å². The van der Waals surface area contributed by atoms with Crippen LogP contribution in [0.5, 0.6) is 11.5 Å². The van der Waals surface area contributed by atoms with E-state index in [9.17, 15) is 4.79 Å². The summed E-state index contributed by atoms with van der Waals surface area (Å²) in [6, 6.07) is 23.6. The van der Waals surface area contributed by atoms with Gasteiger partial charge in [0.05, 0.1) is 19.3 Å². The molecule has 3 aromatic carbocycles. The molecular formula is C32H31ClN2O4S. The Labute approximate surface area is 243 Å². The molecule has 5 rings (SSSR count). The third kappa shape index (κ3) is 6.73. The molecular weight excluding hydrogens is 544 g/mol. The van der Waals surface area contributed by atoms with Gasteiger partial charge in [0.2, 0.25) is 0 Å². The molecule has 0 saturated carbocycles. The first-order chi connectivity index (χ1) is 19.5. The van der Waals surface area contributed by atoms with Crippen molar-refractivity contribution in [1.29, 1.82) is 0 Å². The fraction of sp³-hybridized carbons (Fsp3) is 0.250. The van der Waals surface area contributed by atoms with Crippen molar-refractivity contribution in [2.45, 2.75) is 33.0 Å². The molecule has 6 nitrogen and oxygen atoms in total. The van der Waals surface area contributed by atoms with Crippen molar-refractivity contribution in [3.05, 3.63) is 111 Å². The van der Waals surface area contributed by atoms with Gasteiger partial charge < -0.3 is 14.2 Å². The lowest BCUT2D eigenvalue weighted by molar-refractivity contribution is 0.0526. The number of hydrogen-bond donors (Lipinski definition) is 0. The number of esters is 1. The van der Waals surface area contributed by atoms with Crippen molar-refractivity contribution in [3.8, 4) is 11.5 Å². The lowest BCUT2D eigenvalue weighted by atomic mass is 10.0. The quantitative estimate of drug-likeness (QED) is 0.145. The number of rotatable bonds is 10. The molecule has 1 aliphatic heterocycles. The van der Waals surface area contributed by atoms with E-state index in [0.717, 1.165) is 42.7 Å². The van der Waals surface area contributed by atoms with Gasteiger partial charge in [-0.3, -0.25) is 4.90 Å². The van der Waals surface area contributed by atoms with Gasteiger partial charge in [-0.2, -0.15) is 0 Å². The fourth-order valence-corrected chi connectivity index (χ4v) is 6.03. The lowest BCUT2D eigenvalue weighted by Gasteiger charge is -2.27. The van der Waals surface area contributed by atoms with E-state index in [4.69, 9.17) is 30.8 Å². The van der Waals surface area contributed by atoms with Crippen molar-refractivity contribution in [1.82, 2.24) is 4.90 Å². The molecule has 0 unspecified atom stereocenters. The van der Waals surface area contributed by atoms with Crippen LogP contribution in [0.3, 0.4) is 0 Å². The first-order valence-electron chi connectivity index (χ1n) is 13.2. The number of hydrogen-bond acceptors (Lipinski definition) is 7. The Morgan fingerprint density at radius 3 is 2.60 bits per heavy atom. The van der Waals surface area contributed by atoms with Gasteiger partial charge in [0, 0.05) is 35.7 Å². The van der Waals surface area contributed by atoms with Crippen LogP contribution in [-0.2, 0) is 30.9 Å². The normalized spacial score (nSPS) is 13.3. The van der Waals surface area contributed by atoms with Crippen LogP contribution in [0.15, 0.2) is 77.8 Å². The van der Waals surface area contributed by atoms with Crippen LogP contribution in [0.25, 0.3) is 0 Å². The number of benzene rings is 3. The summed E-state index contributed by atoms with van der Waals surface area (Å²) in [5.74, 6) is 0.921. The lowest BCUT2D eigenvalue weighted by Crippen LogP contribution is -2.29. The Morgan fingerprint density at radius 2 is 1.85 bits per heavy atom. The molecule has 4 aromatic rings. The molecule has 0 N–H and O–H groups in total. The van der Waals surface area contributed by atoms with E-state index >= 15 is 0 Å². The summed E-state index contributed by atoms with van der Waals surface area (Å²) in [6.45, 7) is 5.07. The molecule has 2 heterocycles. The molecule has 1 aromatic heterocycles. The Bertz CT molecular complexity index is 1490. The zero-order valence-corrected chi connectivity index (χ0v) is 24.1. The molecule has 0 amide bonds. The number of carbonyl (C=O) groups is 1. The van der Waals surface area contributed by atoms with E-state index in [1.165, 1.54) is 10.4 Å². The summed E-state index contributed by atoms with van der Waals surface area (Å²) in [6.07, 6.45) is 2.54. The molecule has 40 heavy (non-hydrogen) atoms. The van der Waals surface area contributed by atoms with Crippen molar-refractivity contribution < 1.29 is 19.0 Å². The predicted octanol–water partition coefficient (Wildman–Crippen LogP) is 7.47. The van der Waals surface area contributed by atoms with Crippen LogP contribution in [0.4, 0.5) is 5.00 Å². The molecule has 0 atom stereocenters. The number of nitrogens with zero attached hydrogens (tertiary/aromatic N) is 2. The number of ether oxygens (including phenoxy) is 3. The molecule has 206 valence electrons. The highest BCUT2D eigenvalue weighted by molar-refractivity contribution is 7.16. The average Bonchev–Trinajstić information content (AvgIpc) is 3.34. The van der Waals surface area contributed by atoms with Crippen LogP contribution >= 0.6 is 22.9 Å². The number of aliphatic imine (C=N–C) groups is 1. The summed E-state index contributed by atoms with van der Waals surface area (Å²) in [4.78, 5) is 21.3. The molecule has 0 radical (unpaired) electrons. The average molecular weight is 575 g/mol. The monoisotopic (exact) mass is 574 g/mol. The third-order valence-electron chi connectivity index (χ3n) is 6.67. The topological polar surface area (TPSA) is 60.4 Å². The molecule has 8 heteroatoms. The minimum atomic E-state index is -0.313. The zero-order valence-electron chi connectivity index (χ0n) is 22.6. The van der Waals surface area contributed by atoms with Gasteiger partial charge in [-0.25, -0.2) is 9.79 Å². The number of carbonyl (C=O) groups excluding carboxylic acids is 1. The van der Waals surface area contributed by atoms with Gasteiger partial charge >= 0.3 is 5.97 Å². The molecule has 0 spiro atoms. The SMILES string of the molecule is CCOC(=O)c1c(N=Cc2ccc(OCc3ccc(Cl)cc3)c(OC)c2)sc2c1CCN(Cc1ccccc1)C2. The standard InChI is InChI=1S/C32H31ClN2O4S/c1-3-38-32(36)30-26-15-16-35(19-22-7-5-4-6-8-22)20-29(26)40-31(30)34-18-24-11-14-27(28(17-24)37-2)39-21-23-9-12-25(33)13-10-23/h4-14,17-18H,3,15-16,19-21H2,1-2H3. The second kappa shape index (κ2) is 13.1. The van der Waals surface area contributed by atoms with Crippen molar-refractivity contribution in [2.75, 3.05) is 20.3 Å². The summed E-state index contributed by atoms with van der Waals surface area (Å²) in [5.41, 5.74) is 4.77. The van der Waals surface area contributed by atoms with Gasteiger partial charge in [0.1, 0.15) is 11.6 Å². The minimum Gasteiger partial charge on any atom is -0.493 e. The van der Waals surface area contributed by atoms with Crippen LogP contribution < -0.4 is 9.47 Å². The third-order valence-corrected chi connectivity index (χ3v) is 8.05. The predicted molar refractivity (Wildman–Crippen MR) is 161 cm³/mol. The molecule has 0 bridgehead atoms. The molecule has 1 aliphatic rings. The minimum absolute atomic E-state index is 0.313. The summed E-state index contributed by atoms with van der Waals surface area (Å²) >= 11 is 7.54. The van der Waals surface area contributed by atoms with Gasteiger partial charge in [0.25, 0.3) is 0 Å². The zero-order chi connectivity index (χ0) is 27.9. The highest BCUT2D eigenvalue weighted by Crippen LogP contribution is 2.40. The first-order valence-corrected chi connectivity index (χ1v) is 14.4. The van der Waals surface area contributed by atoms with E-state index in [2.05, 4.69) is 29.2 Å². The van der Waals surface area contributed by atoms with Crippen molar-refractivity contribution >= 4 is 40.1 Å². The maximum atomic E-state index is 13.0. The van der Waals surface area contributed by atoms with E-state index in [-0.39, 0.29) is 5.97 Å². The number of thiophene rings is 1. The maximum absolute atomic E-state index is 13.0. The van der Waals surface area contributed by atoms with Gasteiger partial charge in [0.15, 0.2) is 11.5 Å². The van der Waals surface area contributed by atoms with E-state index in [1.807, 2.05) is 55.5 Å².